The highest BCUT2D eigenvalue weighted by Crippen LogP contribution is 2.17. The van der Waals surface area contributed by atoms with Crippen molar-refractivity contribution in [1.29, 1.82) is 0 Å². The number of carbonyl (C=O) groups excluding carboxylic acids is 1. The fourth-order valence-corrected chi connectivity index (χ4v) is 4.26. The molecule has 116 valence electrons. The molecule has 0 radical (unpaired) electrons. The molecular weight excluding hydrogens is 356 g/mol. The minimum atomic E-state index is -3.46. The zero-order valence-corrected chi connectivity index (χ0v) is 14.1. The molecule has 0 bridgehead atoms. The summed E-state index contributed by atoms with van der Waals surface area (Å²) in [4.78, 5) is 13.7. The van der Waals surface area contributed by atoms with E-state index in [1.807, 2.05) is 6.07 Å². The molecule has 1 amide bonds. The number of sulfone groups is 1. The Balaban J connectivity index is 1.96. The van der Waals surface area contributed by atoms with Gasteiger partial charge >= 0.3 is 0 Å². The average Bonchev–Trinajstić information content (AvgIpc) is 2.86. The third-order valence-corrected chi connectivity index (χ3v) is 5.54. The molecule has 1 fully saturated rings. The Morgan fingerprint density at radius 2 is 2.19 bits per heavy atom. The number of nitrogens with zero attached hydrogens (tertiary/aromatic N) is 1. The Kier molecular flexibility index (Phi) is 5.40. The molecule has 0 aromatic heterocycles. The Bertz CT molecular complexity index is 618. The van der Waals surface area contributed by atoms with Crippen LogP contribution in [0.2, 0.25) is 0 Å². The third-order valence-electron chi connectivity index (χ3n) is 3.59. The van der Waals surface area contributed by atoms with Crippen LogP contribution >= 0.6 is 15.9 Å². The summed E-state index contributed by atoms with van der Waals surface area (Å²) in [6.07, 6.45) is 0.855. The molecule has 1 unspecified atom stereocenters. The highest BCUT2D eigenvalue weighted by atomic mass is 79.9. The van der Waals surface area contributed by atoms with E-state index in [2.05, 4.69) is 15.9 Å². The SMILES string of the molecule is NCC1CCN(C(=O)CS(=O)(=O)Cc2cccc(Br)c2)C1. The maximum Gasteiger partial charge on any atom is 0.237 e. The molecule has 0 saturated carbocycles. The highest BCUT2D eigenvalue weighted by molar-refractivity contribution is 9.10. The van der Waals surface area contributed by atoms with Crippen LogP contribution < -0.4 is 5.73 Å². The van der Waals surface area contributed by atoms with Gasteiger partial charge in [-0.25, -0.2) is 8.42 Å². The van der Waals surface area contributed by atoms with Gasteiger partial charge in [0.25, 0.3) is 0 Å². The van der Waals surface area contributed by atoms with Gasteiger partial charge in [-0.1, -0.05) is 28.1 Å². The van der Waals surface area contributed by atoms with Gasteiger partial charge in [-0.15, -0.1) is 0 Å². The topological polar surface area (TPSA) is 80.5 Å². The number of rotatable bonds is 5. The molecule has 0 spiro atoms. The van der Waals surface area contributed by atoms with Crippen LogP contribution in [0, 0.1) is 5.92 Å². The summed E-state index contributed by atoms with van der Waals surface area (Å²) in [5.41, 5.74) is 6.26. The van der Waals surface area contributed by atoms with Gasteiger partial charge in [0.2, 0.25) is 5.91 Å². The van der Waals surface area contributed by atoms with E-state index < -0.39 is 15.6 Å². The Labute approximate surface area is 133 Å². The molecule has 1 aromatic carbocycles. The van der Waals surface area contributed by atoms with Crippen LogP contribution in [-0.4, -0.2) is 44.6 Å². The number of hydrogen-bond acceptors (Lipinski definition) is 4. The van der Waals surface area contributed by atoms with E-state index in [1.165, 1.54) is 0 Å². The molecule has 21 heavy (non-hydrogen) atoms. The Morgan fingerprint density at radius 1 is 1.43 bits per heavy atom. The third kappa shape index (κ3) is 4.79. The molecule has 1 aliphatic heterocycles. The van der Waals surface area contributed by atoms with Crippen LogP contribution in [0.5, 0.6) is 0 Å². The van der Waals surface area contributed by atoms with Gasteiger partial charge in [0, 0.05) is 17.6 Å². The standard InChI is InChI=1S/C14H19BrN2O3S/c15-13-3-1-2-11(6-13)9-21(19,20)10-14(18)17-5-4-12(7-16)8-17/h1-3,6,12H,4-5,7-10,16H2. The quantitative estimate of drug-likeness (QED) is 0.838. The maximum absolute atomic E-state index is 12.1. The van der Waals surface area contributed by atoms with Gasteiger partial charge in [-0.2, -0.15) is 0 Å². The van der Waals surface area contributed by atoms with Crippen molar-refractivity contribution in [2.45, 2.75) is 12.2 Å². The average molecular weight is 375 g/mol. The Morgan fingerprint density at radius 3 is 2.81 bits per heavy atom. The van der Waals surface area contributed by atoms with Crippen molar-refractivity contribution >= 4 is 31.7 Å². The van der Waals surface area contributed by atoms with Crippen molar-refractivity contribution in [1.82, 2.24) is 4.90 Å². The number of carbonyl (C=O) groups is 1. The summed E-state index contributed by atoms with van der Waals surface area (Å²) in [5, 5.41) is 0. The van der Waals surface area contributed by atoms with Crippen LogP contribution in [0.4, 0.5) is 0 Å². The predicted molar refractivity (Wildman–Crippen MR) is 85.4 cm³/mol. The Hall–Kier alpha value is -0.920. The first-order chi connectivity index (χ1) is 9.89. The molecular formula is C14H19BrN2O3S. The fraction of sp³-hybridized carbons (Fsp3) is 0.500. The summed E-state index contributed by atoms with van der Waals surface area (Å²) in [7, 11) is -3.46. The van der Waals surface area contributed by atoms with Gasteiger partial charge in [-0.3, -0.25) is 4.79 Å². The fourth-order valence-electron chi connectivity index (χ4n) is 2.46. The van der Waals surface area contributed by atoms with Crippen molar-refractivity contribution in [2.75, 3.05) is 25.4 Å². The number of nitrogens with two attached hydrogens (primary N) is 1. The van der Waals surface area contributed by atoms with E-state index >= 15 is 0 Å². The largest absolute Gasteiger partial charge is 0.341 e. The summed E-state index contributed by atoms with van der Waals surface area (Å²) in [6, 6.07) is 7.11. The van der Waals surface area contributed by atoms with Crippen molar-refractivity contribution in [3.05, 3.63) is 34.3 Å². The molecule has 2 N–H and O–H groups in total. The molecule has 1 atom stereocenters. The summed E-state index contributed by atoms with van der Waals surface area (Å²) >= 11 is 3.31. The molecule has 1 saturated heterocycles. The number of benzene rings is 1. The first-order valence-corrected chi connectivity index (χ1v) is 9.44. The molecule has 1 aromatic rings. The van der Waals surface area contributed by atoms with Crippen LogP contribution in [0.1, 0.15) is 12.0 Å². The molecule has 0 aliphatic carbocycles. The van der Waals surface area contributed by atoms with Crippen LogP contribution in [0.15, 0.2) is 28.7 Å². The molecule has 1 aliphatic rings. The second-order valence-corrected chi connectivity index (χ2v) is 8.37. The van der Waals surface area contributed by atoms with E-state index in [0.29, 0.717) is 31.1 Å². The van der Waals surface area contributed by atoms with Crippen molar-refractivity contribution in [3.63, 3.8) is 0 Å². The van der Waals surface area contributed by atoms with Gasteiger partial charge in [0.1, 0.15) is 5.75 Å². The smallest absolute Gasteiger partial charge is 0.237 e. The molecule has 7 heteroatoms. The minimum absolute atomic E-state index is 0.119. The second-order valence-electron chi connectivity index (χ2n) is 5.39. The van der Waals surface area contributed by atoms with Gasteiger partial charge in [-0.05, 0) is 36.6 Å². The lowest BCUT2D eigenvalue weighted by atomic mass is 10.1. The summed E-state index contributed by atoms with van der Waals surface area (Å²) < 4.78 is 25.1. The number of hydrogen-bond donors (Lipinski definition) is 1. The number of amides is 1. The van der Waals surface area contributed by atoms with Crippen molar-refractivity contribution in [2.24, 2.45) is 11.7 Å². The van der Waals surface area contributed by atoms with E-state index in [4.69, 9.17) is 5.73 Å². The first-order valence-electron chi connectivity index (χ1n) is 6.82. The molecule has 1 heterocycles. The normalized spacial score (nSPS) is 19.0. The maximum atomic E-state index is 12.1. The number of halogens is 1. The highest BCUT2D eigenvalue weighted by Gasteiger charge is 2.28. The van der Waals surface area contributed by atoms with Gasteiger partial charge in [0.15, 0.2) is 9.84 Å². The number of likely N-dealkylation sites (tertiary alicyclic amines) is 1. The van der Waals surface area contributed by atoms with E-state index in [-0.39, 0.29) is 11.7 Å². The first kappa shape index (κ1) is 16.5. The predicted octanol–water partition coefficient (Wildman–Crippen LogP) is 1.17. The van der Waals surface area contributed by atoms with Crippen molar-refractivity contribution < 1.29 is 13.2 Å². The second kappa shape index (κ2) is 6.89. The lowest BCUT2D eigenvalue weighted by Gasteiger charge is -2.16. The van der Waals surface area contributed by atoms with Crippen LogP contribution in [0.25, 0.3) is 0 Å². The molecule has 2 rings (SSSR count). The summed E-state index contributed by atoms with van der Waals surface area (Å²) in [5.74, 6) is -0.578. The van der Waals surface area contributed by atoms with Crippen LogP contribution in [-0.2, 0) is 20.4 Å². The van der Waals surface area contributed by atoms with Gasteiger partial charge < -0.3 is 10.6 Å². The van der Waals surface area contributed by atoms with Crippen LogP contribution in [0.3, 0.4) is 0 Å². The monoisotopic (exact) mass is 374 g/mol. The lowest BCUT2D eigenvalue weighted by Crippen LogP contribution is -2.35. The zero-order chi connectivity index (χ0) is 15.5. The molecule has 5 nitrogen and oxygen atoms in total. The minimum Gasteiger partial charge on any atom is -0.341 e. The summed E-state index contributed by atoms with van der Waals surface area (Å²) in [6.45, 7) is 1.71. The zero-order valence-electron chi connectivity index (χ0n) is 11.7. The lowest BCUT2D eigenvalue weighted by molar-refractivity contribution is -0.127. The van der Waals surface area contributed by atoms with E-state index in [9.17, 15) is 13.2 Å². The van der Waals surface area contributed by atoms with E-state index in [0.717, 1.165) is 10.9 Å². The van der Waals surface area contributed by atoms with Gasteiger partial charge in [0.05, 0.1) is 5.75 Å². The van der Waals surface area contributed by atoms with E-state index in [1.54, 1.807) is 23.1 Å². The van der Waals surface area contributed by atoms with Crippen molar-refractivity contribution in [3.8, 4) is 0 Å².